The first-order valence-corrected chi connectivity index (χ1v) is 11.2. The molecule has 4 rings (SSSR count). The van der Waals surface area contributed by atoms with Crippen molar-refractivity contribution in [3.8, 4) is 11.5 Å². The van der Waals surface area contributed by atoms with Crippen LogP contribution in [0, 0.1) is 0 Å². The summed E-state index contributed by atoms with van der Waals surface area (Å²) >= 11 is 1.53. The summed E-state index contributed by atoms with van der Waals surface area (Å²) in [5, 5.41) is 2.85. The molecule has 1 aliphatic heterocycles. The van der Waals surface area contributed by atoms with Crippen molar-refractivity contribution in [2.45, 2.75) is 4.90 Å². The van der Waals surface area contributed by atoms with Crippen LogP contribution >= 0.6 is 11.8 Å². The SMILES string of the molecule is COc1ccc(C(=O)Nc2ccc(SCCN3C(=O)c4ccccc4C3=O)cc2)cc1OC. The average molecular weight is 463 g/mol. The lowest BCUT2D eigenvalue weighted by atomic mass is 10.1. The van der Waals surface area contributed by atoms with Gasteiger partial charge in [-0.05, 0) is 54.6 Å². The van der Waals surface area contributed by atoms with Crippen molar-refractivity contribution in [3.63, 3.8) is 0 Å². The molecule has 1 N–H and O–H groups in total. The second-order valence-corrected chi connectivity index (χ2v) is 8.37. The van der Waals surface area contributed by atoms with E-state index in [0.29, 0.717) is 46.2 Å². The van der Waals surface area contributed by atoms with Crippen molar-refractivity contribution < 1.29 is 23.9 Å². The molecule has 0 aromatic heterocycles. The third-order valence-electron chi connectivity index (χ3n) is 5.22. The third-order valence-corrected chi connectivity index (χ3v) is 6.21. The molecular weight excluding hydrogens is 440 g/mol. The second kappa shape index (κ2) is 9.79. The van der Waals surface area contributed by atoms with E-state index in [4.69, 9.17) is 9.47 Å². The molecule has 0 atom stereocenters. The number of carbonyl (C=O) groups excluding carboxylic acids is 3. The van der Waals surface area contributed by atoms with E-state index in [1.54, 1.807) is 42.5 Å². The topological polar surface area (TPSA) is 84.9 Å². The van der Waals surface area contributed by atoms with Crippen LogP contribution in [0.5, 0.6) is 11.5 Å². The lowest BCUT2D eigenvalue weighted by molar-refractivity contribution is 0.0664. The molecule has 0 saturated carbocycles. The average Bonchev–Trinajstić information content (AvgIpc) is 3.09. The molecule has 0 radical (unpaired) electrons. The highest BCUT2D eigenvalue weighted by Crippen LogP contribution is 2.28. The summed E-state index contributed by atoms with van der Waals surface area (Å²) in [7, 11) is 3.06. The van der Waals surface area contributed by atoms with Gasteiger partial charge in [-0.2, -0.15) is 0 Å². The Bertz CT molecular complexity index is 1170. The number of amides is 3. The van der Waals surface area contributed by atoms with Crippen LogP contribution in [0.25, 0.3) is 0 Å². The van der Waals surface area contributed by atoms with Crippen LogP contribution < -0.4 is 14.8 Å². The molecule has 33 heavy (non-hydrogen) atoms. The van der Waals surface area contributed by atoms with Crippen molar-refractivity contribution in [2.75, 3.05) is 31.8 Å². The van der Waals surface area contributed by atoms with Crippen molar-refractivity contribution in [1.82, 2.24) is 4.90 Å². The molecule has 0 unspecified atom stereocenters. The molecule has 0 spiro atoms. The van der Waals surface area contributed by atoms with Gasteiger partial charge in [0.2, 0.25) is 0 Å². The van der Waals surface area contributed by atoms with Crippen LogP contribution in [0.1, 0.15) is 31.1 Å². The van der Waals surface area contributed by atoms with E-state index in [9.17, 15) is 14.4 Å². The lowest BCUT2D eigenvalue weighted by Gasteiger charge is -2.13. The molecule has 0 fully saturated rings. The predicted molar refractivity (Wildman–Crippen MR) is 126 cm³/mol. The van der Waals surface area contributed by atoms with Gasteiger partial charge in [0.15, 0.2) is 11.5 Å². The highest BCUT2D eigenvalue weighted by molar-refractivity contribution is 7.99. The molecule has 8 heteroatoms. The number of hydrogen-bond donors (Lipinski definition) is 1. The fourth-order valence-electron chi connectivity index (χ4n) is 3.51. The van der Waals surface area contributed by atoms with Gasteiger partial charge in [-0.15, -0.1) is 11.8 Å². The smallest absolute Gasteiger partial charge is 0.261 e. The summed E-state index contributed by atoms with van der Waals surface area (Å²) in [5.74, 6) is 0.852. The highest BCUT2D eigenvalue weighted by atomic mass is 32.2. The monoisotopic (exact) mass is 462 g/mol. The number of benzene rings is 3. The van der Waals surface area contributed by atoms with Gasteiger partial charge in [-0.1, -0.05) is 12.1 Å². The zero-order valence-corrected chi connectivity index (χ0v) is 19.0. The van der Waals surface area contributed by atoms with Gasteiger partial charge in [-0.3, -0.25) is 19.3 Å². The maximum Gasteiger partial charge on any atom is 0.261 e. The van der Waals surface area contributed by atoms with E-state index in [1.165, 1.54) is 30.9 Å². The lowest BCUT2D eigenvalue weighted by Crippen LogP contribution is -2.31. The number of fused-ring (bicyclic) bond motifs is 1. The van der Waals surface area contributed by atoms with E-state index in [-0.39, 0.29) is 17.7 Å². The van der Waals surface area contributed by atoms with Gasteiger partial charge in [-0.25, -0.2) is 0 Å². The van der Waals surface area contributed by atoms with Gasteiger partial charge in [0.1, 0.15) is 0 Å². The maximum atomic E-state index is 12.6. The number of anilines is 1. The number of rotatable bonds is 8. The molecule has 3 aromatic carbocycles. The summed E-state index contributed by atoms with van der Waals surface area (Å²) in [4.78, 5) is 39.7. The molecule has 1 aliphatic rings. The highest BCUT2D eigenvalue weighted by Gasteiger charge is 2.34. The molecule has 7 nitrogen and oxygen atoms in total. The molecule has 0 saturated heterocycles. The van der Waals surface area contributed by atoms with Gasteiger partial charge >= 0.3 is 0 Å². The molecule has 168 valence electrons. The molecule has 3 amide bonds. The first-order chi connectivity index (χ1) is 16.0. The molecule has 0 bridgehead atoms. The number of ether oxygens (including phenoxy) is 2. The Balaban J connectivity index is 1.31. The summed E-state index contributed by atoms with van der Waals surface area (Å²) < 4.78 is 10.4. The Kier molecular flexibility index (Phi) is 6.65. The number of carbonyl (C=O) groups is 3. The van der Waals surface area contributed by atoms with Crippen molar-refractivity contribution in [2.24, 2.45) is 0 Å². The van der Waals surface area contributed by atoms with Crippen molar-refractivity contribution in [3.05, 3.63) is 83.4 Å². The van der Waals surface area contributed by atoms with Crippen LogP contribution in [0.15, 0.2) is 71.6 Å². The van der Waals surface area contributed by atoms with E-state index in [0.717, 1.165) is 4.90 Å². The number of hydrogen-bond acceptors (Lipinski definition) is 6. The largest absolute Gasteiger partial charge is 0.493 e. The molecular formula is C25H22N2O5S. The molecule has 1 heterocycles. The number of thioether (sulfide) groups is 1. The van der Waals surface area contributed by atoms with Gasteiger partial charge < -0.3 is 14.8 Å². The number of imide groups is 1. The summed E-state index contributed by atoms with van der Waals surface area (Å²) in [6, 6.07) is 19.2. The van der Waals surface area contributed by atoms with Crippen LogP contribution in [-0.2, 0) is 0 Å². The first-order valence-electron chi connectivity index (χ1n) is 10.2. The number of methoxy groups -OCH3 is 2. The summed E-state index contributed by atoms with van der Waals surface area (Å²) in [5.41, 5.74) is 2.02. The summed E-state index contributed by atoms with van der Waals surface area (Å²) in [6.45, 7) is 0.328. The molecule has 3 aromatic rings. The Labute approximate surface area is 195 Å². The van der Waals surface area contributed by atoms with E-state index in [1.807, 2.05) is 24.3 Å². The van der Waals surface area contributed by atoms with E-state index in [2.05, 4.69) is 5.32 Å². The van der Waals surface area contributed by atoms with Gasteiger partial charge in [0.25, 0.3) is 17.7 Å². The zero-order valence-electron chi connectivity index (χ0n) is 18.2. The standard InChI is InChI=1S/C25H22N2O5S/c1-31-21-12-7-16(15-22(21)32-2)23(28)26-17-8-10-18(11-9-17)33-14-13-27-24(29)19-5-3-4-6-20(19)25(27)30/h3-12,15H,13-14H2,1-2H3,(H,26,28). The zero-order chi connectivity index (χ0) is 23.4. The van der Waals surface area contributed by atoms with Gasteiger partial charge in [0.05, 0.1) is 25.3 Å². The fraction of sp³-hybridized carbons (Fsp3) is 0.160. The quantitative estimate of drug-likeness (QED) is 0.396. The van der Waals surface area contributed by atoms with Gasteiger partial charge in [0, 0.05) is 28.4 Å². The van der Waals surface area contributed by atoms with Crippen LogP contribution in [0.3, 0.4) is 0 Å². The molecule has 0 aliphatic carbocycles. The Morgan fingerprint density at radius 1 is 0.879 bits per heavy atom. The first kappa shape index (κ1) is 22.4. The Hall–Kier alpha value is -3.78. The minimum absolute atomic E-state index is 0.246. The normalized spacial score (nSPS) is 12.5. The van der Waals surface area contributed by atoms with Crippen molar-refractivity contribution >= 4 is 35.2 Å². The van der Waals surface area contributed by atoms with Crippen LogP contribution in [0.4, 0.5) is 5.69 Å². The second-order valence-electron chi connectivity index (χ2n) is 7.20. The van der Waals surface area contributed by atoms with E-state index >= 15 is 0 Å². The predicted octanol–water partition coefficient (Wildman–Crippen LogP) is 4.34. The minimum atomic E-state index is -0.262. The number of nitrogens with one attached hydrogen (secondary N) is 1. The Morgan fingerprint density at radius 3 is 2.12 bits per heavy atom. The fourth-order valence-corrected chi connectivity index (χ4v) is 4.35. The number of nitrogens with zero attached hydrogens (tertiary/aromatic N) is 1. The maximum absolute atomic E-state index is 12.6. The minimum Gasteiger partial charge on any atom is -0.493 e. The van der Waals surface area contributed by atoms with Crippen molar-refractivity contribution in [1.29, 1.82) is 0 Å². The Morgan fingerprint density at radius 2 is 1.52 bits per heavy atom. The van der Waals surface area contributed by atoms with Crippen LogP contribution in [-0.4, -0.2) is 49.1 Å². The van der Waals surface area contributed by atoms with E-state index < -0.39 is 0 Å². The van der Waals surface area contributed by atoms with Crippen LogP contribution in [0.2, 0.25) is 0 Å². The summed E-state index contributed by atoms with van der Waals surface area (Å²) in [6.07, 6.45) is 0. The third kappa shape index (κ3) is 4.70.